The molecule has 74 valence electrons. The largest absolute Gasteiger partial charge is 0.0850 e. The Labute approximate surface area is 82.4 Å². The molecule has 0 nitrogen and oxygen atoms in total. The maximum absolute atomic E-state index is 2.54. The fourth-order valence-electron chi connectivity index (χ4n) is 3.43. The Kier molecular flexibility index (Phi) is 2.76. The minimum absolute atomic E-state index is 0.975. The van der Waals surface area contributed by atoms with Gasteiger partial charge in [-0.25, -0.2) is 0 Å². The summed E-state index contributed by atoms with van der Waals surface area (Å²) in [5, 5.41) is 0. The van der Waals surface area contributed by atoms with Crippen LogP contribution in [0.15, 0.2) is 11.6 Å². The highest BCUT2D eigenvalue weighted by molar-refractivity contribution is 5.14. The molecule has 2 rings (SSSR count). The molecular weight excluding hydrogens is 156 g/mol. The highest BCUT2D eigenvalue weighted by atomic mass is 14.4. The topological polar surface area (TPSA) is 0 Å². The zero-order chi connectivity index (χ0) is 9.26. The summed E-state index contributed by atoms with van der Waals surface area (Å²) in [6.45, 7) is 4.83. The van der Waals surface area contributed by atoms with Crippen molar-refractivity contribution in [1.29, 1.82) is 0 Å². The van der Waals surface area contributed by atoms with Crippen LogP contribution in [-0.4, -0.2) is 0 Å². The molecule has 0 heteroatoms. The second kappa shape index (κ2) is 3.86. The van der Waals surface area contributed by atoms with Crippen molar-refractivity contribution in [3.63, 3.8) is 0 Å². The lowest BCUT2D eigenvalue weighted by atomic mass is 9.65. The monoisotopic (exact) mass is 178 g/mol. The molecule has 0 bridgehead atoms. The minimum atomic E-state index is 0.975. The van der Waals surface area contributed by atoms with Crippen LogP contribution in [-0.2, 0) is 0 Å². The standard InChI is InChI=1S/C13H22/c1-3-12-10(2)8-9-11-6-4-5-7-13(11)12/h6,10,12-13H,3-5,7-9H2,1-2H3. The van der Waals surface area contributed by atoms with Crippen LogP contribution in [0.5, 0.6) is 0 Å². The molecule has 0 amide bonds. The van der Waals surface area contributed by atoms with Crippen molar-refractivity contribution < 1.29 is 0 Å². The van der Waals surface area contributed by atoms with Crippen molar-refractivity contribution in [3.05, 3.63) is 11.6 Å². The molecule has 3 atom stereocenters. The predicted molar refractivity (Wildman–Crippen MR) is 57.6 cm³/mol. The van der Waals surface area contributed by atoms with Crippen LogP contribution in [0.3, 0.4) is 0 Å². The molecule has 0 aliphatic heterocycles. The molecule has 0 heterocycles. The average Bonchev–Trinajstić information content (AvgIpc) is 2.18. The third-order valence-corrected chi connectivity index (χ3v) is 4.21. The van der Waals surface area contributed by atoms with Gasteiger partial charge in [0.05, 0.1) is 0 Å². The first-order valence-corrected chi connectivity index (χ1v) is 6.02. The molecule has 1 fully saturated rings. The van der Waals surface area contributed by atoms with Gasteiger partial charge < -0.3 is 0 Å². The highest BCUT2D eigenvalue weighted by Crippen LogP contribution is 2.44. The normalized spacial score (nSPS) is 39.5. The van der Waals surface area contributed by atoms with Crippen LogP contribution in [0, 0.1) is 17.8 Å². The summed E-state index contributed by atoms with van der Waals surface area (Å²) in [5.41, 5.74) is 1.82. The molecule has 1 saturated carbocycles. The van der Waals surface area contributed by atoms with Gasteiger partial charge in [-0.15, -0.1) is 0 Å². The van der Waals surface area contributed by atoms with E-state index in [-0.39, 0.29) is 0 Å². The Morgan fingerprint density at radius 2 is 2.23 bits per heavy atom. The van der Waals surface area contributed by atoms with E-state index in [2.05, 4.69) is 19.9 Å². The number of allylic oxidation sites excluding steroid dienone is 2. The summed E-state index contributed by atoms with van der Waals surface area (Å²) < 4.78 is 0. The molecule has 0 aromatic rings. The van der Waals surface area contributed by atoms with Gasteiger partial charge in [-0.1, -0.05) is 31.9 Å². The molecule has 0 saturated heterocycles. The molecule has 0 spiro atoms. The lowest BCUT2D eigenvalue weighted by Gasteiger charge is -2.40. The lowest BCUT2D eigenvalue weighted by Crippen LogP contribution is -2.29. The first-order valence-electron chi connectivity index (χ1n) is 6.02. The number of hydrogen-bond acceptors (Lipinski definition) is 0. The zero-order valence-electron chi connectivity index (χ0n) is 9.05. The number of fused-ring (bicyclic) bond motifs is 1. The maximum Gasteiger partial charge on any atom is -0.0172 e. The molecule has 13 heavy (non-hydrogen) atoms. The van der Waals surface area contributed by atoms with Crippen molar-refractivity contribution in [1.82, 2.24) is 0 Å². The smallest absolute Gasteiger partial charge is 0.0172 e. The molecule has 0 N–H and O–H groups in total. The SMILES string of the molecule is CCC1C(C)CCC2=CCCCC21. The average molecular weight is 178 g/mol. The second-order valence-electron chi connectivity index (χ2n) is 4.90. The van der Waals surface area contributed by atoms with Gasteiger partial charge >= 0.3 is 0 Å². The van der Waals surface area contributed by atoms with E-state index < -0.39 is 0 Å². The van der Waals surface area contributed by atoms with Gasteiger partial charge in [0.2, 0.25) is 0 Å². The highest BCUT2D eigenvalue weighted by Gasteiger charge is 2.32. The molecule has 0 aromatic carbocycles. The summed E-state index contributed by atoms with van der Waals surface area (Å²) in [6.07, 6.45) is 11.1. The van der Waals surface area contributed by atoms with Crippen molar-refractivity contribution >= 4 is 0 Å². The van der Waals surface area contributed by atoms with Crippen molar-refractivity contribution in [3.8, 4) is 0 Å². The third-order valence-electron chi connectivity index (χ3n) is 4.21. The second-order valence-corrected chi connectivity index (χ2v) is 4.90. The summed E-state index contributed by atoms with van der Waals surface area (Å²) in [6, 6.07) is 0. The summed E-state index contributed by atoms with van der Waals surface area (Å²) in [5.74, 6) is 2.95. The van der Waals surface area contributed by atoms with Gasteiger partial charge in [0.25, 0.3) is 0 Å². The zero-order valence-corrected chi connectivity index (χ0v) is 9.05. The third kappa shape index (κ3) is 1.68. The van der Waals surface area contributed by atoms with Gasteiger partial charge in [0, 0.05) is 0 Å². The molecule has 3 unspecified atom stereocenters. The molecule has 2 aliphatic carbocycles. The number of hydrogen-bond donors (Lipinski definition) is 0. The Bertz CT molecular complexity index is 202. The van der Waals surface area contributed by atoms with Crippen molar-refractivity contribution in [2.45, 2.75) is 52.4 Å². The van der Waals surface area contributed by atoms with Crippen LogP contribution in [0.2, 0.25) is 0 Å². The van der Waals surface area contributed by atoms with E-state index >= 15 is 0 Å². The summed E-state index contributed by atoms with van der Waals surface area (Å²) >= 11 is 0. The van der Waals surface area contributed by atoms with Gasteiger partial charge in [0.1, 0.15) is 0 Å². The Morgan fingerprint density at radius 3 is 3.00 bits per heavy atom. The van der Waals surface area contributed by atoms with Gasteiger partial charge in [-0.05, 0) is 49.9 Å². The van der Waals surface area contributed by atoms with Crippen molar-refractivity contribution in [2.24, 2.45) is 17.8 Å². The van der Waals surface area contributed by atoms with Crippen molar-refractivity contribution in [2.75, 3.05) is 0 Å². The van der Waals surface area contributed by atoms with Gasteiger partial charge in [-0.3, -0.25) is 0 Å². The molecule has 0 radical (unpaired) electrons. The van der Waals surface area contributed by atoms with E-state index in [9.17, 15) is 0 Å². The minimum Gasteiger partial charge on any atom is -0.0850 e. The Balaban J connectivity index is 2.15. The predicted octanol–water partition coefficient (Wildman–Crippen LogP) is 4.17. The van der Waals surface area contributed by atoms with E-state index in [1.165, 1.54) is 38.5 Å². The van der Waals surface area contributed by atoms with Crippen LogP contribution in [0.25, 0.3) is 0 Å². The fourth-order valence-corrected chi connectivity index (χ4v) is 3.43. The van der Waals surface area contributed by atoms with Crippen LogP contribution in [0.1, 0.15) is 52.4 Å². The van der Waals surface area contributed by atoms with Crippen LogP contribution >= 0.6 is 0 Å². The lowest BCUT2D eigenvalue weighted by molar-refractivity contribution is 0.192. The molecule has 2 aliphatic rings. The maximum atomic E-state index is 2.54. The Hall–Kier alpha value is -0.260. The molecular formula is C13H22. The first-order chi connectivity index (χ1) is 6.33. The van der Waals surface area contributed by atoms with Crippen LogP contribution < -0.4 is 0 Å². The fraction of sp³-hybridized carbons (Fsp3) is 0.846. The van der Waals surface area contributed by atoms with Crippen LogP contribution in [0.4, 0.5) is 0 Å². The first kappa shape index (κ1) is 9.30. The Morgan fingerprint density at radius 1 is 1.38 bits per heavy atom. The molecule has 0 aromatic heterocycles. The van der Waals surface area contributed by atoms with E-state index in [1.807, 2.05) is 5.57 Å². The summed E-state index contributed by atoms with van der Waals surface area (Å²) in [4.78, 5) is 0. The summed E-state index contributed by atoms with van der Waals surface area (Å²) in [7, 11) is 0. The quantitative estimate of drug-likeness (QED) is 0.529. The van der Waals surface area contributed by atoms with E-state index in [1.54, 1.807) is 0 Å². The van der Waals surface area contributed by atoms with Gasteiger partial charge in [0.15, 0.2) is 0 Å². The number of rotatable bonds is 1. The van der Waals surface area contributed by atoms with E-state index in [0.717, 1.165) is 17.8 Å². The van der Waals surface area contributed by atoms with E-state index in [4.69, 9.17) is 0 Å². The van der Waals surface area contributed by atoms with Gasteiger partial charge in [-0.2, -0.15) is 0 Å². The van der Waals surface area contributed by atoms with E-state index in [0.29, 0.717) is 0 Å².